The average molecular weight is 469 g/mol. The summed E-state index contributed by atoms with van der Waals surface area (Å²) in [6, 6.07) is 9.96. The van der Waals surface area contributed by atoms with E-state index in [1.807, 2.05) is 44.3 Å². The summed E-state index contributed by atoms with van der Waals surface area (Å²) >= 11 is 0. The van der Waals surface area contributed by atoms with Crippen LogP contribution in [0.3, 0.4) is 0 Å². The zero-order valence-electron chi connectivity index (χ0n) is 18.7. The lowest BCUT2D eigenvalue weighted by Gasteiger charge is -2.26. The highest BCUT2D eigenvalue weighted by molar-refractivity contribution is 8.24. The van der Waals surface area contributed by atoms with E-state index in [4.69, 9.17) is 0 Å². The normalized spacial score (nSPS) is 20.3. The fourth-order valence-corrected chi connectivity index (χ4v) is 6.06. The van der Waals surface area contributed by atoms with Crippen molar-refractivity contribution in [2.45, 2.75) is 45.4 Å². The summed E-state index contributed by atoms with van der Waals surface area (Å²) in [6.45, 7) is 4.91. The molecule has 4 heterocycles. The summed E-state index contributed by atoms with van der Waals surface area (Å²) in [5, 5.41) is 7.66. The smallest absolute Gasteiger partial charge is 0.273 e. The van der Waals surface area contributed by atoms with Crippen molar-refractivity contribution in [3.63, 3.8) is 0 Å². The van der Waals surface area contributed by atoms with Crippen molar-refractivity contribution in [1.29, 1.82) is 0 Å². The third-order valence-electron chi connectivity index (χ3n) is 6.12. The minimum absolute atomic E-state index is 0.0449. The Balaban J connectivity index is 1.42. The van der Waals surface area contributed by atoms with Crippen LogP contribution in [0, 0.1) is 0 Å². The van der Waals surface area contributed by atoms with Gasteiger partial charge >= 0.3 is 0 Å². The van der Waals surface area contributed by atoms with Crippen LogP contribution in [0.5, 0.6) is 0 Å². The van der Waals surface area contributed by atoms with Gasteiger partial charge in [0.15, 0.2) is 0 Å². The van der Waals surface area contributed by atoms with Crippen LogP contribution in [-0.2, 0) is 13.1 Å². The Kier molecular flexibility index (Phi) is 5.59. The molecule has 1 amide bonds. The van der Waals surface area contributed by atoms with Crippen LogP contribution in [0.2, 0.25) is 0 Å². The number of amides is 1. The maximum atomic E-state index is 13.0. The summed E-state index contributed by atoms with van der Waals surface area (Å²) in [7, 11) is -2.55. The molecule has 1 atom stereocenters. The molecule has 9 nitrogen and oxygen atoms in total. The van der Waals surface area contributed by atoms with Gasteiger partial charge in [-0.2, -0.15) is 15.6 Å². The van der Waals surface area contributed by atoms with E-state index in [9.17, 15) is 13.9 Å². The molecule has 0 bridgehead atoms. The Morgan fingerprint density at radius 3 is 2.82 bits per heavy atom. The highest BCUT2D eigenvalue weighted by Gasteiger charge is 2.35. The van der Waals surface area contributed by atoms with Crippen LogP contribution < -0.4 is 10.6 Å². The first kappa shape index (κ1) is 21.9. The molecular weight excluding hydrogens is 440 g/mol. The first-order chi connectivity index (χ1) is 15.8. The molecule has 1 saturated heterocycles. The van der Waals surface area contributed by atoms with Crippen molar-refractivity contribution in [2.75, 3.05) is 22.1 Å². The van der Waals surface area contributed by atoms with Crippen LogP contribution in [0.15, 0.2) is 36.5 Å². The maximum Gasteiger partial charge on any atom is 0.273 e. The van der Waals surface area contributed by atoms with E-state index in [2.05, 4.69) is 31.7 Å². The number of aromatic nitrogens is 3. The topological polar surface area (TPSA) is 124 Å². The highest BCUT2D eigenvalue weighted by atomic mass is 32.3. The van der Waals surface area contributed by atoms with E-state index < -0.39 is 10.6 Å². The van der Waals surface area contributed by atoms with Gasteiger partial charge < -0.3 is 15.5 Å². The molecule has 5 rings (SSSR count). The fourth-order valence-electron chi connectivity index (χ4n) is 4.33. The monoisotopic (exact) mass is 468 g/mol. The number of para-hydroxylation sites is 1. The number of carbonyl (C=O) groups is 1. The molecule has 2 aliphatic rings. The number of nitrogens with one attached hydrogen (secondary N) is 2. The van der Waals surface area contributed by atoms with Gasteiger partial charge in [0, 0.05) is 41.5 Å². The highest BCUT2D eigenvalue weighted by Crippen LogP contribution is 2.46. The molecule has 3 aromatic rings. The van der Waals surface area contributed by atoms with Crippen LogP contribution in [-0.4, -0.2) is 58.5 Å². The van der Waals surface area contributed by atoms with Gasteiger partial charge in [-0.1, -0.05) is 18.2 Å². The zero-order chi connectivity index (χ0) is 23.2. The minimum atomic E-state index is -2.55. The molecule has 0 radical (unpaired) electrons. The van der Waals surface area contributed by atoms with Crippen molar-refractivity contribution in [3.8, 4) is 0 Å². The van der Waals surface area contributed by atoms with E-state index in [0.29, 0.717) is 42.7 Å². The van der Waals surface area contributed by atoms with Crippen molar-refractivity contribution < 1.29 is 13.9 Å². The first-order valence-electron chi connectivity index (χ1n) is 11.1. The largest absolute Gasteiger partial charge is 0.365 e. The van der Waals surface area contributed by atoms with E-state index in [1.54, 1.807) is 4.90 Å². The van der Waals surface area contributed by atoms with E-state index >= 15 is 0 Å². The minimum Gasteiger partial charge on any atom is -0.365 e. The number of fused-ring (bicyclic) bond motifs is 2. The van der Waals surface area contributed by atoms with Gasteiger partial charge in [-0.05, 0) is 38.0 Å². The van der Waals surface area contributed by atoms with Gasteiger partial charge in [-0.15, -0.1) is 0 Å². The van der Waals surface area contributed by atoms with Crippen molar-refractivity contribution in [3.05, 3.63) is 53.3 Å². The van der Waals surface area contributed by atoms with Gasteiger partial charge in [0.05, 0.1) is 17.8 Å². The summed E-state index contributed by atoms with van der Waals surface area (Å²) in [4.78, 5) is 28.5. The third-order valence-corrected chi connectivity index (χ3v) is 7.95. The van der Waals surface area contributed by atoms with Crippen LogP contribution in [0.4, 0.5) is 11.8 Å². The molecule has 2 aliphatic heterocycles. The Bertz CT molecular complexity index is 1220. The SMILES string of the molecule is CC(C)N1Cc2c(NCc3cnc4ccccc4c3)nc(NC3CCS(O)(O)C3)nc2C1=O. The lowest BCUT2D eigenvalue weighted by atomic mass is 10.1. The molecule has 1 fully saturated rings. The molecule has 0 aliphatic carbocycles. The van der Waals surface area contributed by atoms with E-state index in [1.165, 1.54) is 0 Å². The summed E-state index contributed by atoms with van der Waals surface area (Å²) in [6.07, 6.45) is 2.46. The molecule has 0 saturated carbocycles. The first-order valence-corrected chi connectivity index (χ1v) is 13.0. The Morgan fingerprint density at radius 1 is 1.24 bits per heavy atom. The number of nitrogens with zero attached hydrogens (tertiary/aromatic N) is 4. The maximum absolute atomic E-state index is 13.0. The molecule has 10 heteroatoms. The third kappa shape index (κ3) is 4.46. The molecule has 33 heavy (non-hydrogen) atoms. The zero-order valence-corrected chi connectivity index (χ0v) is 19.5. The van der Waals surface area contributed by atoms with Gasteiger partial charge in [0.2, 0.25) is 5.95 Å². The number of hydrogen-bond donors (Lipinski definition) is 4. The number of anilines is 2. The molecule has 2 aromatic heterocycles. The second kappa shape index (κ2) is 8.44. The number of carbonyl (C=O) groups excluding carboxylic acids is 1. The molecule has 174 valence electrons. The molecule has 0 spiro atoms. The van der Waals surface area contributed by atoms with Crippen molar-refractivity contribution in [1.82, 2.24) is 19.9 Å². The second-order valence-electron chi connectivity index (χ2n) is 8.94. The summed E-state index contributed by atoms with van der Waals surface area (Å²) in [5.74, 6) is 1.46. The summed E-state index contributed by atoms with van der Waals surface area (Å²) < 4.78 is 19.9. The molecule has 1 unspecified atom stereocenters. The van der Waals surface area contributed by atoms with Crippen molar-refractivity contribution in [2.24, 2.45) is 0 Å². The van der Waals surface area contributed by atoms with E-state index in [0.717, 1.165) is 22.0 Å². The van der Waals surface area contributed by atoms with Gasteiger partial charge in [-0.3, -0.25) is 18.9 Å². The fraction of sp³-hybridized carbons (Fsp3) is 0.391. The lowest BCUT2D eigenvalue weighted by molar-refractivity contribution is 0.0726. The van der Waals surface area contributed by atoms with Crippen LogP contribution in [0.1, 0.15) is 41.9 Å². The van der Waals surface area contributed by atoms with Gasteiger partial charge in [0.1, 0.15) is 11.5 Å². The average Bonchev–Trinajstić information content (AvgIpc) is 3.30. The Labute approximate surface area is 194 Å². The predicted molar refractivity (Wildman–Crippen MR) is 131 cm³/mol. The van der Waals surface area contributed by atoms with Gasteiger partial charge in [0.25, 0.3) is 5.91 Å². The van der Waals surface area contributed by atoms with Gasteiger partial charge in [-0.25, -0.2) is 4.98 Å². The quantitative estimate of drug-likeness (QED) is 0.429. The number of pyridine rings is 1. The van der Waals surface area contributed by atoms with Crippen LogP contribution >= 0.6 is 10.6 Å². The number of rotatable bonds is 6. The predicted octanol–water partition coefficient (Wildman–Crippen LogP) is 3.94. The van der Waals surface area contributed by atoms with Crippen LogP contribution in [0.25, 0.3) is 10.9 Å². The molecule has 4 N–H and O–H groups in total. The van der Waals surface area contributed by atoms with E-state index in [-0.39, 0.29) is 23.7 Å². The number of hydrogen-bond acceptors (Lipinski definition) is 8. The van der Waals surface area contributed by atoms with Crippen molar-refractivity contribution >= 4 is 39.2 Å². The summed E-state index contributed by atoms with van der Waals surface area (Å²) in [5.41, 5.74) is 3.12. The lowest BCUT2D eigenvalue weighted by Crippen LogP contribution is -2.31. The molecular formula is C23H28N6O3S. The Morgan fingerprint density at radius 2 is 2.06 bits per heavy atom. The second-order valence-corrected chi connectivity index (χ2v) is 11.3. The standard InChI is InChI=1S/C23H28N6O3S/c1-14(2)29-12-18-20(22(29)30)27-23(26-17-7-8-33(31,32)13-17)28-21(18)25-11-15-9-16-5-3-4-6-19(16)24-10-15/h3-6,9-10,14,17,31-32H,7-8,11-13H2,1-2H3,(H2,25,26,27,28). The molecule has 1 aromatic carbocycles. The number of benzene rings is 1. The Hall–Kier alpha value is -2.95.